The van der Waals surface area contributed by atoms with Crippen LogP contribution in [0.15, 0.2) is 42.7 Å². The van der Waals surface area contributed by atoms with Gasteiger partial charge in [-0.2, -0.15) is 4.98 Å². The van der Waals surface area contributed by atoms with Gasteiger partial charge in [0.05, 0.1) is 28.4 Å². The number of aromatic hydroxyl groups is 1. The molecular formula is C20H21Cl2N5O2. The molecule has 152 valence electrons. The van der Waals surface area contributed by atoms with Crippen LogP contribution >= 0.6 is 23.2 Å². The Hall–Kier alpha value is -2.61. The zero-order chi connectivity index (χ0) is 21.0. The summed E-state index contributed by atoms with van der Waals surface area (Å²) >= 11 is 12.0. The van der Waals surface area contributed by atoms with Crippen molar-refractivity contribution in [1.82, 2.24) is 15.0 Å². The Kier molecular flexibility index (Phi) is 6.74. The normalized spacial score (nSPS) is 12.1. The predicted molar refractivity (Wildman–Crippen MR) is 116 cm³/mol. The molecule has 1 aromatic carbocycles. The SMILES string of the molecule is CC(C)[C@H](CO)Nc1nc(Nc2cc(Cl)c(O)c(Cl)c2)cc(-c2cccnc2)n1. The average molecular weight is 434 g/mol. The van der Waals surface area contributed by atoms with E-state index in [1.165, 1.54) is 0 Å². The molecule has 2 heterocycles. The van der Waals surface area contributed by atoms with Gasteiger partial charge >= 0.3 is 0 Å². The van der Waals surface area contributed by atoms with Gasteiger partial charge in [0, 0.05) is 29.7 Å². The first-order valence-corrected chi connectivity index (χ1v) is 9.75. The Morgan fingerprint density at radius 2 is 1.83 bits per heavy atom. The number of nitrogens with zero attached hydrogens (tertiary/aromatic N) is 3. The molecule has 9 heteroatoms. The lowest BCUT2D eigenvalue weighted by atomic mass is 10.1. The topological polar surface area (TPSA) is 103 Å². The third-order valence-electron chi connectivity index (χ3n) is 4.29. The second-order valence-electron chi connectivity index (χ2n) is 6.79. The summed E-state index contributed by atoms with van der Waals surface area (Å²) in [6.45, 7) is 3.95. The van der Waals surface area contributed by atoms with Gasteiger partial charge in [0.15, 0.2) is 5.75 Å². The second-order valence-corrected chi connectivity index (χ2v) is 7.61. The highest BCUT2D eigenvalue weighted by Gasteiger charge is 2.16. The maximum absolute atomic E-state index is 9.75. The standard InChI is InChI=1S/C20H21Cl2N5O2/c1-11(2)17(10-28)26-20-25-16(12-4-3-5-23-9-12)8-18(27-20)24-13-6-14(21)19(29)15(22)7-13/h3-9,11,17,28-29H,10H2,1-2H3,(H2,24,25,26,27)/t17-/m0/s1. The summed E-state index contributed by atoms with van der Waals surface area (Å²) in [4.78, 5) is 13.2. The van der Waals surface area contributed by atoms with E-state index in [0.29, 0.717) is 23.1 Å². The largest absolute Gasteiger partial charge is 0.505 e. The average Bonchev–Trinajstić information content (AvgIpc) is 2.70. The van der Waals surface area contributed by atoms with Gasteiger partial charge in [-0.3, -0.25) is 4.98 Å². The van der Waals surface area contributed by atoms with Crippen LogP contribution in [0.3, 0.4) is 0 Å². The van der Waals surface area contributed by atoms with Crippen LogP contribution in [0.4, 0.5) is 17.5 Å². The van der Waals surface area contributed by atoms with Crippen LogP contribution in [0.5, 0.6) is 5.75 Å². The lowest BCUT2D eigenvalue weighted by Gasteiger charge is -2.20. The Bertz CT molecular complexity index is 963. The number of aliphatic hydroxyl groups is 1. The van der Waals surface area contributed by atoms with E-state index in [1.807, 2.05) is 26.0 Å². The van der Waals surface area contributed by atoms with Crippen LogP contribution in [0.2, 0.25) is 10.0 Å². The first-order valence-electron chi connectivity index (χ1n) is 8.99. The number of nitrogens with one attached hydrogen (secondary N) is 2. The van der Waals surface area contributed by atoms with Crippen molar-refractivity contribution in [1.29, 1.82) is 0 Å². The molecule has 2 aromatic heterocycles. The minimum Gasteiger partial charge on any atom is -0.505 e. The maximum Gasteiger partial charge on any atom is 0.225 e. The quantitative estimate of drug-likeness (QED) is 0.399. The molecule has 0 spiro atoms. The van der Waals surface area contributed by atoms with Crippen molar-refractivity contribution >= 4 is 40.7 Å². The van der Waals surface area contributed by atoms with Gasteiger partial charge < -0.3 is 20.8 Å². The minimum atomic E-state index is -0.204. The number of halogens is 2. The number of phenols is 1. The number of anilines is 3. The molecule has 7 nitrogen and oxygen atoms in total. The van der Waals surface area contributed by atoms with E-state index in [-0.39, 0.29) is 34.4 Å². The molecule has 29 heavy (non-hydrogen) atoms. The molecule has 3 aromatic rings. The number of rotatable bonds is 7. The highest BCUT2D eigenvalue weighted by Crippen LogP contribution is 2.35. The fourth-order valence-electron chi connectivity index (χ4n) is 2.61. The molecular weight excluding hydrogens is 413 g/mol. The zero-order valence-electron chi connectivity index (χ0n) is 15.9. The summed E-state index contributed by atoms with van der Waals surface area (Å²) in [6.07, 6.45) is 3.39. The second kappa shape index (κ2) is 9.26. The molecule has 0 fully saturated rings. The van der Waals surface area contributed by atoms with Crippen LogP contribution < -0.4 is 10.6 Å². The summed E-state index contributed by atoms with van der Waals surface area (Å²) in [5.74, 6) is 0.844. The molecule has 0 aliphatic heterocycles. The number of aliphatic hydroxyl groups excluding tert-OH is 1. The minimum absolute atomic E-state index is 0.0515. The van der Waals surface area contributed by atoms with Crippen molar-refractivity contribution < 1.29 is 10.2 Å². The van der Waals surface area contributed by atoms with Gasteiger partial charge in [-0.1, -0.05) is 37.0 Å². The first-order chi connectivity index (χ1) is 13.9. The number of hydrogen-bond donors (Lipinski definition) is 4. The summed E-state index contributed by atoms with van der Waals surface area (Å²) in [5.41, 5.74) is 2.02. The van der Waals surface area contributed by atoms with Crippen LogP contribution in [0.1, 0.15) is 13.8 Å². The molecule has 0 unspecified atom stereocenters. The smallest absolute Gasteiger partial charge is 0.225 e. The van der Waals surface area contributed by atoms with Gasteiger partial charge in [-0.05, 0) is 30.2 Å². The van der Waals surface area contributed by atoms with Gasteiger partial charge in [0.2, 0.25) is 5.95 Å². The Morgan fingerprint density at radius 3 is 2.41 bits per heavy atom. The van der Waals surface area contributed by atoms with Crippen LogP contribution in [0.25, 0.3) is 11.3 Å². The number of phenolic OH excluding ortho intramolecular Hbond substituents is 1. The summed E-state index contributed by atoms with van der Waals surface area (Å²) in [6, 6.07) is 8.37. The van der Waals surface area contributed by atoms with E-state index in [2.05, 4.69) is 25.6 Å². The fourth-order valence-corrected chi connectivity index (χ4v) is 3.10. The Labute approximate surface area is 178 Å². The number of benzene rings is 1. The molecule has 0 saturated heterocycles. The van der Waals surface area contributed by atoms with Crippen molar-refractivity contribution in [2.45, 2.75) is 19.9 Å². The molecule has 1 atom stereocenters. The van der Waals surface area contributed by atoms with E-state index in [4.69, 9.17) is 23.2 Å². The molecule has 0 bridgehead atoms. The Balaban J connectivity index is 2.00. The lowest BCUT2D eigenvalue weighted by molar-refractivity contribution is 0.248. The molecule has 0 radical (unpaired) electrons. The van der Waals surface area contributed by atoms with Crippen molar-refractivity contribution in [3.63, 3.8) is 0 Å². The molecule has 4 N–H and O–H groups in total. The van der Waals surface area contributed by atoms with E-state index in [1.54, 1.807) is 30.6 Å². The molecule has 3 rings (SSSR count). The maximum atomic E-state index is 9.75. The van der Waals surface area contributed by atoms with Crippen molar-refractivity contribution in [3.8, 4) is 17.0 Å². The van der Waals surface area contributed by atoms with Crippen LogP contribution in [-0.2, 0) is 0 Å². The van der Waals surface area contributed by atoms with Crippen LogP contribution in [-0.4, -0.2) is 37.8 Å². The third kappa shape index (κ3) is 5.26. The third-order valence-corrected chi connectivity index (χ3v) is 4.86. The van der Waals surface area contributed by atoms with Crippen molar-refractivity contribution in [3.05, 3.63) is 52.8 Å². The van der Waals surface area contributed by atoms with Crippen molar-refractivity contribution in [2.24, 2.45) is 5.92 Å². The summed E-state index contributed by atoms with van der Waals surface area (Å²) < 4.78 is 0. The first kappa shape index (κ1) is 21.1. The Morgan fingerprint density at radius 1 is 1.10 bits per heavy atom. The van der Waals surface area contributed by atoms with Gasteiger partial charge in [0.1, 0.15) is 5.82 Å². The van der Waals surface area contributed by atoms with E-state index in [9.17, 15) is 10.2 Å². The van der Waals surface area contributed by atoms with Gasteiger partial charge in [-0.25, -0.2) is 4.98 Å². The fraction of sp³-hybridized carbons (Fsp3) is 0.250. The monoisotopic (exact) mass is 433 g/mol. The van der Waals surface area contributed by atoms with E-state index < -0.39 is 0 Å². The number of pyridine rings is 1. The van der Waals surface area contributed by atoms with Gasteiger partial charge in [-0.15, -0.1) is 0 Å². The zero-order valence-corrected chi connectivity index (χ0v) is 17.4. The highest BCUT2D eigenvalue weighted by atomic mass is 35.5. The van der Waals surface area contributed by atoms with E-state index in [0.717, 1.165) is 5.56 Å². The predicted octanol–water partition coefficient (Wildman–Crippen LogP) is 4.72. The summed E-state index contributed by atoms with van der Waals surface area (Å²) in [7, 11) is 0. The van der Waals surface area contributed by atoms with Crippen LogP contribution in [0, 0.1) is 5.92 Å². The number of aromatic nitrogens is 3. The molecule has 0 saturated carbocycles. The highest BCUT2D eigenvalue weighted by molar-refractivity contribution is 6.37. The van der Waals surface area contributed by atoms with Gasteiger partial charge in [0.25, 0.3) is 0 Å². The van der Waals surface area contributed by atoms with Crippen molar-refractivity contribution in [2.75, 3.05) is 17.2 Å². The number of hydrogen-bond acceptors (Lipinski definition) is 7. The molecule has 0 aliphatic carbocycles. The molecule has 0 amide bonds. The lowest BCUT2D eigenvalue weighted by Crippen LogP contribution is -2.30. The van der Waals surface area contributed by atoms with E-state index >= 15 is 0 Å². The summed E-state index contributed by atoms with van der Waals surface area (Å²) in [5, 5.41) is 25.9. The molecule has 0 aliphatic rings.